The molecule has 0 bridgehead atoms. The second-order valence-corrected chi connectivity index (χ2v) is 1.89. The van der Waals surface area contributed by atoms with E-state index in [9.17, 15) is 13.6 Å². The third-order valence-corrected chi connectivity index (χ3v) is 1.15. The lowest BCUT2D eigenvalue weighted by molar-refractivity contribution is -0.105. The number of hydrogen-bond acceptors (Lipinski definition) is 2. The summed E-state index contributed by atoms with van der Waals surface area (Å²) >= 11 is 0. The Morgan fingerprint density at radius 3 is 2.38 bits per heavy atom. The number of hydrogen-bond donors (Lipinski definition) is 2. The Kier molecular flexibility index (Phi) is 5.38. The van der Waals surface area contributed by atoms with E-state index in [1.807, 2.05) is 0 Å². The quantitative estimate of drug-likeness (QED) is 0.683. The number of rotatable bonds is 2. The molecule has 0 fully saturated rings. The zero-order valence-corrected chi connectivity index (χ0v) is 7.05. The molecule has 5 heteroatoms. The minimum absolute atomic E-state index is 0.235. The SMILES string of the molecule is CN.O=CNc1ccc(F)c(F)c1. The van der Waals surface area contributed by atoms with Gasteiger partial charge in [0.15, 0.2) is 11.6 Å². The van der Waals surface area contributed by atoms with Crippen molar-refractivity contribution in [1.29, 1.82) is 0 Å². The van der Waals surface area contributed by atoms with E-state index in [1.54, 1.807) is 0 Å². The molecule has 0 saturated carbocycles. The highest BCUT2D eigenvalue weighted by Crippen LogP contribution is 2.11. The number of halogens is 2. The molecule has 0 unspecified atom stereocenters. The van der Waals surface area contributed by atoms with Gasteiger partial charge in [0, 0.05) is 11.8 Å². The van der Waals surface area contributed by atoms with Crippen molar-refractivity contribution in [1.82, 2.24) is 0 Å². The van der Waals surface area contributed by atoms with Gasteiger partial charge in [-0.25, -0.2) is 8.78 Å². The van der Waals surface area contributed by atoms with Crippen LogP contribution in [0.4, 0.5) is 14.5 Å². The lowest BCUT2D eigenvalue weighted by Crippen LogP contribution is -1.94. The molecule has 3 nitrogen and oxygen atoms in total. The fourth-order valence-corrected chi connectivity index (χ4v) is 0.654. The Morgan fingerprint density at radius 2 is 1.92 bits per heavy atom. The van der Waals surface area contributed by atoms with Crippen LogP contribution < -0.4 is 11.1 Å². The first kappa shape index (κ1) is 11.5. The Labute approximate surface area is 74.5 Å². The van der Waals surface area contributed by atoms with Crippen molar-refractivity contribution in [2.45, 2.75) is 0 Å². The average Bonchev–Trinajstić information content (AvgIpc) is 2.15. The first-order chi connectivity index (χ1) is 6.24. The van der Waals surface area contributed by atoms with Gasteiger partial charge in [0.05, 0.1) is 0 Å². The van der Waals surface area contributed by atoms with Gasteiger partial charge in [-0.15, -0.1) is 0 Å². The number of carbonyl (C=O) groups excluding carboxylic acids is 1. The van der Waals surface area contributed by atoms with Crippen LogP contribution in [0.2, 0.25) is 0 Å². The van der Waals surface area contributed by atoms with Gasteiger partial charge in [-0.05, 0) is 19.2 Å². The summed E-state index contributed by atoms with van der Waals surface area (Å²) in [4.78, 5) is 9.84. The molecule has 72 valence electrons. The second-order valence-electron chi connectivity index (χ2n) is 1.89. The smallest absolute Gasteiger partial charge is 0.211 e. The number of nitrogens with one attached hydrogen (secondary N) is 1. The molecule has 1 aromatic rings. The number of anilines is 1. The molecule has 3 N–H and O–H groups in total. The van der Waals surface area contributed by atoms with E-state index >= 15 is 0 Å². The molecule has 0 saturated heterocycles. The number of benzene rings is 1. The van der Waals surface area contributed by atoms with Crippen molar-refractivity contribution < 1.29 is 13.6 Å². The minimum atomic E-state index is -0.975. The van der Waals surface area contributed by atoms with Crippen molar-refractivity contribution in [2.24, 2.45) is 5.73 Å². The Morgan fingerprint density at radius 1 is 1.31 bits per heavy atom. The van der Waals surface area contributed by atoms with Gasteiger partial charge < -0.3 is 11.1 Å². The maximum atomic E-state index is 12.4. The fraction of sp³-hybridized carbons (Fsp3) is 0.125. The summed E-state index contributed by atoms with van der Waals surface area (Å²) in [6, 6.07) is 3.12. The van der Waals surface area contributed by atoms with E-state index in [2.05, 4.69) is 11.1 Å². The topological polar surface area (TPSA) is 55.1 Å². The Hall–Kier alpha value is -1.49. The number of carbonyl (C=O) groups is 1. The number of amides is 1. The van der Waals surface area contributed by atoms with E-state index in [0.717, 1.165) is 12.1 Å². The molecule has 13 heavy (non-hydrogen) atoms. The zero-order chi connectivity index (χ0) is 10.3. The molecule has 0 heterocycles. The van der Waals surface area contributed by atoms with Gasteiger partial charge in [0.25, 0.3) is 0 Å². The summed E-state index contributed by atoms with van der Waals surface area (Å²) in [6.07, 6.45) is 0.396. The molecule has 0 radical (unpaired) electrons. The summed E-state index contributed by atoms with van der Waals surface area (Å²) in [5, 5.41) is 2.19. The van der Waals surface area contributed by atoms with Crippen LogP contribution in [0.3, 0.4) is 0 Å². The summed E-state index contributed by atoms with van der Waals surface area (Å²) in [5.41, 5.74) is 4.74. The van der Waals surface area contributed by atoms with Gasteiger partial charge in [-0.2, -0.15) is 0 Å². The van der Waals surface area contributed by atoms with Crippen LogP contribution in [0.15, 0.2) is 18.2 Å². The summed E-state index contributed by atoms with van der Waals surface area (Å²) < 4.78 is 24.6. The standard InChI is InChI=1S/C7H5F2NO.CH5N/c8-6-2-1-5(10-4-11)3-7(6)9;1-2/h1-4H,(H,10,11);2H2,1H3. The van der Waals surface area contributed by atoms with Crippen molar-refractivity contribution in [3.63, 3.8) is 0 Å². The molecular weight excluding hydrogens is 178 g/mol. The minimum Gasteiger partial charge on any atom is -0.333 e. The Bertz CT molecular complexity index is 279. The van der Waals surface area contributed by atoms with Crippen molar-refractivity contribution in [3.8, 4) is 0 Å². The molecule has 1 amide bonds. The second kappa shape index (κ2) is 6.07. The van der Waals surface area contributed by atoms with Gasteiger partial charge in [0.2, 0.25) is 6.41 Å². The van der Waals surface area contributed by atoms with E-state index in [1.165, 1.54) is 13.1 Å². The van der Waals surface area contributed by atoms with Gasteiger partial charge in [0.1, 0.15) is 0 Å². The van der Waals surface area contributed by atoms with Crippen LogP contribution in [0, 0.1) is 11.6 Å². The monoisotopic (exact) mass is 188 g/mol. The molecule has 0 atom stereocenters. The molecule has 0 aliphatic rings. The third-order valence-electron chi connectivity index (χ3n) is 1.15. The average molecular weight is 188 g/mol. The maximum Gasteiger partial charge on any atom is 0.211 e. The molecular formula is C8H10F2N2O. The predicted octanol–water partition coefficient (Wildman–Crippen LogP) is 1.11. The van der Waals surface area contributed by atoms with E-state index < -0.39 is 11.6 Å². The van der Waals surface area contributed by atoms with Crippen molar-refractivity contribution in [3.05, 3.63) is 29.8 Å². The summed E-state index contributed by atoms with van der Waals surface area (Å²) in [5.74, 6) is -1.90. The van der Waals surface area contributed by atoms with Crippen LogP contribution in [0.1, 0.15) is 0 Å². The first-order valence-electron chi connectivity index (χ1n) is 3.47. The highest BCUT2D eigenvalue weighted by atomic mass is 19.2. The molecule has 0 aliphatic heterocycles. The molecule has 0 aliphatic carbocycles. The summed E-state index contributed by atoms with van der Waals surface area (Å²) in [6.45, 7) is 0. The maximum absolute atomic E-state index is 12.4. The van der Waals surface area contributed by atoms with Crippen molar-refractivity contribution >= 4 is 12.1 Å². The molecule has 0 spiro atoms. The van der Waals surface area contributed by atoms with Crippen molar-refractivity contribution in [2.75, 3.05) is 12.4 Å². The molecule has 1 aromatic carbocycles. The molecule has 0 aromatic heterocycles. The van der Waals surface area contributed by atoms with Crippen LogP contribution in [-0.4, -0.2) is 13.5 Å². The molecule has 1 rings (SSSR count). The normalized spacial score (nSPS) is 8.31. The van der Waals surface area contributed by atoms with Crippen LogP contribution >= 0.6 is 0 Å². The van der Waals surface area contributed by atoms with Crippen LogP contribution in [0.25, 0.3) is 0 Å². The van der Waals surface area contributed by atoms with E-state index in [0.29, 0.717) is 6.41 Å². The zero-order valence-electron chi connectivity index (χ0n) is 7.05. The fourth-order valence-electron chi connectivity index (χ4n) is 0.654. The van der Waals surface area contributed by atoms with Crippen LogP contribution in [-0.2, 0) is 4.79 Å². The predicted molar refractivity (Wildman–Crippen MR) is 46.2 cm³/mol. The largest absolute Gasteiger partial charge is 0.333 e. The highest BCUT2D eigenvalue weighted by Gasteiger charge is 2.00. The lowest BCUT2D eigenvalue weighted by Gasteiger charge is -1.97. The van der Waals surface area contributed by atoms with Gasteiger partial charge >= 0.3 is 0 Å². The van der Waals surface area contributed by atoms with Gasteiger partial charge in [-0.3, -0.25) is 4.79 Å². The van der Waals surface area contributed by atoms with E-state index in [4.69, 9.17) is 0 Å². The van der Waals surface area contributed by atoms with Gasteiger partial charge in [-0.1, -0.05) is 0 Å². The summed E-state index contributed by atoms with van der Waals surface area (Å²) in [7, 11) is 1.50. The van der Waals surface area contributed by atoms with E-state index in [-0.39, 0.29) is 5.69 Å². The first-order valence-corrected chi connectivity index (χ1v) is 3.47. The van der Waals surface area contributed by atoms with Crippen LogP contribution in [0.5, 0.6) is 0 Å². The Balaban J connectivity index is 0.000000671. The number of nitrogens with two attached hydrogens (primary N) is 1. The highest BCUT2D eigenvalue weighted by molar-refractivity contribution is 5.70. The third kappa shape index (κ3) is 3.62. The lowest BCUT2D eigenvalue weighted by atomic mass is 10.3.